The Morgan fingerprint density at radius 1 is 1.31 bits per heavy atom. The molecule has 2 saturated heterocycles. The van der Waals surface area contributed by atoms with Crippen molar-refractivity contribution in [1.29, 1.82) is 0 Å². The molecule has 1 spiro atoms. The molecule has 2 heterocycles. The van der Waals surface area contributed by atoms with Crippen LogP contribution in [0.4, 0.5) is 10.5 Å². The maximum Gasteiger partial charge on any atom is 0.321 e. The van der Waals surface area contributed by atoms with E-state index in [-0.39, 0.29) is 30.3 Å². The molecule has 1 atom stereocenters. The van der Waals surface area contributed by atoms with Crippen molar-refractivity contribution in [1.82, 2.24) is 9.80 Å². The number of carbonyl (C=O) groups is 2. The van der Waals surface area contributed by atoms with Crippen molar-refractivity contribution in [3.8, 4) is 5.75 Å². The highest BCUT2D eigenvalue weighted by Gasteiger charge is 2.41. The molecule has 0 bridgehead atoms. The molecule has 29 heavy (non-hydrogen) atoms. The number of likely N-dealkylation sites (N-methyl/N-ethyl adjacent to an activating group) is 1. The molecule has 160 valence electrons. The largest absolute Gasteiger partial charge is 0.497 e. The third kappa shape index (κ3) is 5.61. The first-order valence-electron chi connectivity index (χ1n) is 10.1. The van der Waals surface area contributed by atoms with Crippen LogP contribution in [0.1, 0.15) is 25.7 Å². The Balaban J connectivity index is 1.49. The summed E-state index contributed by atoms with van der Waals surface area (Å²) in [6.45, 7) is 1.97. The van der Waals surface area contributed by atoms with Gasteiger partial charge in [-0.25, -0.2) is 4.79 Å². The van der Waals surface area contributed by atoms with Crippen LogP contribution in [0.25, 0.3) is 0 Å². The summed E-state index contributed by atoms with van der Waals surface area (Å²) >= 11 is 0. The molecular formula is C21H31N3O5. The molecule has 1 aromatic rings. The molecule has 8 nitrogen and oxygen atoms in total. The zero-order valence-corrected chi connectivity index (χ0v) is 17.5. The minimum absolute atomic E-state index is 0.0183. The van der Waals surface area contributed by atoms with E-state index in [2.05, 4.69) is 5.32 Å². The average Bonchev–Trinajstić information content (AvgIpc) is 2.72. The van der Waals surface area contributed by atoms with E-state index in [4.69, 9.17) is 14.2 Å². The minimum atomic E-state index is -0.267. The minimum Gasteiger partial charge on any atom is -0.497 e. The summed E-state index contributed by atoms with van der Waals surface area (Å²) in [4.78, 5) is 27.7. The normalized spacial score (nSPS) is 20.9. The van der Waals surface area contributed by atoms with E-state index < -0.39 is 0 Å². The number of piperidine rings is 1. The number of nitrogens with zero attached hydrogens (tertiary/aromatic N) is 2. The first-order chi connectivity index (χ1) is 13.9. The number of nitrogens with one attached hydrogen (secondary N) is 1. The van der Waals surface area contributed by atoms with Gasteiger partial charge in [0.05, 0.1) is 18.8 Å². The van der Waals surface area contributed by atoms with Gasteiger partial charge < -0.3 is 29.3 Å². The Kier molecular flexibility index (Phi) is 6.97. The van der Waals surface area contributed by atoms with Gasteiger partial charge in [-0.1, -0.05) is 6.07 Å². The van der Waals surface area contributed by atoms with Gasteiger partial charge in [0.25, 0.3) is 0 Å². The van der Waals surface area contributed by atoms with Gasteiger partial charge in [0.1, 0.15) is 12.4 Å². The summed E-state index contributed by atoms with van der Waals surface area (Å²) in [5, 5.41) is 2.93. The van der Waals surface area contributed by atoms with E-state index in [0.29, 0.717) is 31.1 Å². The zero-order valence-electron chi connectivity index (χ0n) is 17.5. The van der Waals surface area contributed by atoms with Crippen molar-refractivity contribution < 1.29 is 23.8 Å². The molecular weight excluding hydrogens is 374 g/mol. The van der Waals surface area contributed by atoms with Crippen LogP contribution in [0.2, 0.25) is 0 Å². The predicted octanol–water partition coefficient (Wildman–Crippen LogP) is 2.35. The summed E-state index contributed by atoms with van der Waals surface area (Å²) in [5.74, 6) is 0.671. The molecule has 8 heteroatoms. The number of rotatable bonds is 5. The fourth-order valence-corrected chi connectivity index (χ4v) is 3.81. The van der Waals surface area contributed by atoms with Gasteiger partial charge in [0.15, 0.2) is 0 Å². The van der Waals surface area contributed by atoms with Crippen molar-refractivity contribution in [2.24, 2.45) is 0 Å². The van der Waals surface area contributed by atoms with Gasteiger partial charge >= 0.3 is 6.03 Å². The molecule has 3 rings (SSSR count). The molecule has 0 radical (unpaired) electrons. The van der Waals surface area contributed by atoms with Crippen LogP contribution in [0, 0.1) is 0 Å². The number of benzene rings is 1. The second kappa shape index (κ2) is 9.45. The number of ether oxygens (including phenoxy) is 3. The van der Waals surface area contributed by atoms with Gasteiger partial charge in [-0.3, -0.25) is 4.79 Å². The molecule has 1 unspecified atom stereocenters. The topological polar surface area (TPSA) is 80.3 Å². The lowest BCUT2D eigenvalue weighted by Crippen LogP contribution is -2.53. The molecule has 0 aliphatic carbocycles. The third-order valence-electron chi connectivity index (χ3n) is 5.67. The number of hydrogen-bond donors (Lipinski definition) is 1. The van der Waals surface area contributed by atoms with Crippen LogP contribution in [0.3, 0.4) is 0 Å². The number of urea groups is 1. The molecule has 3 amide bonds. The Morgan fingerprint density at radius 3 is 2.76 bits per heavy atom. The standard InChI is InChI=1S/C21H31N3O5/c1-23(2)19(25)15-28-18-7-12-29-21(14-18)8-10-24(11-9-21)20(26)22-16-5-4-6-17(13-16)27-3/h4-6,13,18H,7-12,14-15H2,1-3H3,(H,22,26). The molecule has 0 aromatic heterocycles. The second-order valence-electron chi connectivity index (χ2n) is 7.89. The summed E-state index contributed by atoms with van der Waals surface area (Å²) in [6.07, 6.45) is 3.10. The van der Waals surface area contributed by atoms with E-state index >= 15 is 0 Å². The third-order valence-corrected chi connectivity index (χ3v) is 5.67. The monoisotopic (exact) mass is 405 g/mol. The van der Waals surface area contributed by atoms with Crippen molar-refractivity contribution in [3.63, 3.8) is 0 Å². The highest BCUT2D eigenvalue weighted by atomic mass is 16.5. The van der Waals surface area contributed by atoms with Crippen molar-refractivity contribution in [3.05, 3.63) is 24.3 Å². The molecule has 2 fully saturated rings. The molecule has 0 saturated carbocycles. The average molecular weight is 405 g/mol. The summed E-state index contributed by atoms with van der Waals surface area (Å²) < 4.78 is 17.1. The maximum absolute atomic E-state index is 12.6. The van der Waals surface area contributed by atoms with Gasteiger partial charge in [0.2, 0.25) is 5.91 Å². The summed E-state index contributed by atoms with van der Waals surface area (Å²) in [5.41, 5.74) is 0.444. The quantitative estimate of drug-likeness (QED) is 0.813. The number of amides is 3. The Morgan fingerprint density at radius 2 is 2.07 bits per heavy atom. The highest BCUT2D eigenvalue weighted by Crippen LogP contribution is 2.36. The fourth-order valence-electron chi connectivity index (χ4n) is 3.81. The van der Waals surface area contributed by atoms with Crippen molar-refractivity contribution in [2.45, 2.75) is 37.4 Å². The number of methoxy groups -OCH3 is 1. The lowest BCUT2D eigenvalue weighted by molar-refractivity contribution is -0.160. The second-order valence-corrected chi connectivity index (χ2v) is 7.89. The number of anilines is 1. The Labute approximate surface area is 172 Å². The van der Waals surface area contributed by atoms with E-state index in [0.717, 1.165) is 25.7 Å². The number of carbonyl (C=O) groups excluding carboxylic acids is 2. The van der Waals surface area contributed by atoms with E-state index in [1.165, 1.54) is 4.90 Å². The first-order valence-corrected chi connectivity index (χ1v) is 10.1. The SMILES string of the molecule is COc1cccc(NC(=O)N2CCC3(CC2)CC(OCC(=O)N(C)C)CCO3)c1. The zero-order chi connectivity index (χ0) is 20.9. The summed E-state index contributed by atoms with van der Waals surface area (Å²) in [6, 6.07) is 7.20. The highest BCUT2D eigenvalue weighted by molar-refractivity contribution is 5.89. The lowest BCUT2D eigenvalue weighted by Gasteiger charge is -2.46. The smallest absolute Gasteiger partial charge is 0.321 e. The first kappa shape index (κ1) is 21.4. The van der Waals surface area contributed by atoms with Gasteiger partial charge in [-0.15, -0.1) is 0 Å². The Bertz CT molecular complexity index is 716. The Hall–Kier alpha value is -2.32. The van der Waals surface area contributed by atoms with Gasteiger partial charge in [-0.05, 0) is 31.4 Å². The van der Waals surface area contributed by atoms with E-state index in [1.54, 1.807) is 27.3 Å². The van der Waals surface area contributed by atoms with Gasteiger partial charge in [0, 0.05) is 52.0 Å². The van der Waals surface area contributed by atoms with Crippen LogP contribution in [-0.4, -0.2) is 81.0 Å². The maximum atomic E-state index is 12.6. The number of likely N-dealkylation sites (tertiary alicyclic amines) is 1. The predicted molar refractivity (Wildman–Crippen MR) is 109 cm³/mol. The van der Waals surface area contributed by atoms with Crippen LogP contribution in [0.5, 0.6) is 5.75 Å². The number of hydrogen-bond acceptors (Lipinski definition) is 5. The van der Waals surface area contributed by atoms with Gasteiger partial charge in [-0.2, -0.15) is 0 Å². The van der Waals surface area contributed by atoms with Crippen LogP contribution >= 0.6 is 0 Å². The van der Waals surface area contributed by atoms with Crippen LogP contribution < -0.4 is 10.1 Å². The van der Waals surface area contributed by atoms with Crippen LogP contribution in [-0.2, 0) is 14.3 Å². The van der Waals surface area contributed by atoms with E-state index in [1.807, 2.05) is 23.1 Å². The summed E-state index contributed by atoms with van der Waals surface area (Å²) in [7, 11) is 5.05. The molecule has 2 aliphatic heterocycles. The molecule has 1 N–H and O–H groups in total. The lowest BCUT2D eigenvalue weighted by atomic mass is 9.83. The molecule has 2 aliphatic rings. The fraction of sp³-hybridized carbons (Fsp3) is 0.619. The van der Waals surface area contributed by atoms with Crippen LogP contribution in [0.15, 0.2) is 24.3 Å². The van der Waals surface area contributed by atoms with Crippen molar-refractivity contribution in [2.75, 3.05) is 52.8 Å². The van der Waals surface area contributed by atoms with Crippen molar-refractivity contribution >= 4 is 17.6 Å². The molecule has 1 aromatic carbocycles. The van der Waals surface area contributed by atoms with E-state index in [9.17, 15) is 9.59 Å².